The van der Waals surface area contributed by atoms with Crippen LogP contribution in [0.2, 0.25) is 0 Å². The van der Waals surface area contributed by atoms with Gasteiger partial charge in [-0.05, 0) is 13.8 Å². The maximum atomic E-state index is 10.1. The lowest BCUT2D eigenvalue weighted by molar-refractivity contribution is 0.115. The minimum absolute atomic E-state index is 0.144. The quantitative estimate of drug-likeness (QED) is 0.299. The standard InChI is InChI=1S/C4H9N2O2/c1-3(2)8-4(7)6-5/h3H,5H2,1-2H3. The molecular formula is C4H9N2O2. The fraction of sp³-hybridized carbons (Fsp3) is 0.750. The van der Waals surface area contributed by atoms with Crippen LogP contribution in [-0.2, 0) is 4.74 Å². The largest absolute Gasteiger partial charge is 0.445 e. The summed E-state index contributed by atoms with van der Waals surface area (Å²) in [5.41, 5.74) is 2.77. The van der Waals surface area contributed by atoms with E-state index in [1.165, 1.54) is 0 Å². The summed E-state index contributed by atoms with van der Waals surface area (Å²) >= 11 is 0. The van der Waals surface area contributed by atoms with Gasteiger partial charge in [0.1, 0.15) is 0 Å². The van der Waals surface area contributed by atoms with Crippen LogP contribution in [0.3, 0.4) is 0 Å². The normalized spacial score (nSPS) is 9.00. The summed E-state index contributed by atoms with van der Waals surface area (Å²) in [6, 6.07) is 0. The van der Waals surface area contributed by atoms with Crippen LogP contribution in [0.4, 0.5) is 4.79 Å². The van der Waals surface area contributed by atoms with E-state index < -0.39 is 6.09 Å². The highest BCUT2D eigenvalue weighted by molar-refractivity contribution is 5.65. The Balaban J connectivity index is 3.25. The zero-order valence-corrected chi connectivity index (χ0v) is 4.92. The average molecular weight is 117 g/mol. The van der Waals surface area contributed by atoms with Crippen molar-refractivity contribution in [1.29, 1.82) is 0 Å². The third-order valence-electron chi connectivity index (χ3n) is 0.442. The molecular weight excluding hydrogens is 108 g/mol. The lowest BCUT2D eigenvalue weighted by Crippen LogP contribution is -2.25. The molecule has 47 valence electrons. The molecule has 0 aromatic rings. The lowest BCUT2D eigenvalue weighted by atomic mass is 10.5. The predicted octanol–water partition coefficient (Wildman–Crippen LogP) is 0.00950. The Morgan fingerprint density at radius 3 is 2.38 bits per heavy atom. The Hall–Kier alpha value is -0.770. The maximum Gasteiger partial charge on any atom is 0.445 e. The molecule has 4 heteroatoms. The summed E-state index contributed by atoms with van der Waals surface area (Å²) < 4.78 is 4.47. The van der Waals surface area contributed by atoms with E-state index >= 15 is 0 Å². The zero-order valence-electron chi connectivity index (χ0n) is 4.92. The topological polar surface area (TPSA) is 66.4 Å². The molecule has 0 saturated heterocycles. The van der Waals surface area contributed by atoms with Crippen LogP contribution in [0.25, 0.3) is 0 Å². The first kappa shape index (κ1) is 7.23. The van der Waals surface area contributed by atoms with E-state index in [1.54, 1.807) is 13.8 Å². The third kappa shape index (κ3) is 3.42. The summed E-state index contributed by atoms with van der Waals surface area (Å²) in [7, 11) is 0. The second-order valence-electron chi connectivity index (χ2n) is 1.56. The molecule has 0 aliphatic rings. The van der Waals surface area contributed by atoms with Crippen molar-refractivity contribution < 1.29 is 9.53 Å². The molecule has 0 atom stereocenters. The number of nitrogens with zero attached hydrogens (tertiary/aromatic N) is 1. The van der Waals surface area contributed by atoms with Crippen LogP contribution in [0.5, 0.6) is 0 Å². The summed E-state index contributed by atoms with van der Waals surface area (Å²) in [4.78, 5) is 10.1. The lowest BCUT2D eigenvalue weighted by Gasteiger charge is -2.02. The van der Waals surface area contributed by atoms with Crippen molar-refractivity contribution in [3.05, 3.63) is 0 Å². The van der Waals surface area contributed by atoms with Crippen LogP contribution < -0.4 is 11.3 Å². The van der Waals surface area contributed by atoms with Gasteiger partial charge in [0.05, 0.1) is 6.10 Å². The highest BCUT2D eigenvalue weighted by atomic mass is 16.6. The SMILES string of the molecule is CC(C)OC(=O)[N]N. The van der Waals surface area contributed by atoms with E-state index in [2.05, 4.69) is 16.0 Å². The Kier molecular flexibility index (Phi) is 2.95. The molecule has 0 aliphatic carbocycles. The van der Waals surface area contributed by atoms with E-state index in [9.17, 15) is 4.79 Å². The number of carbonyl (C=O) groups is 1. The summed E-state index contributed by atoms with van der Waals surface area (Å²) in [5.74, 6) is 4.57. The van der Waals surface area contributed by atoms with Gasteiger partial charge in [0, 0.05) is 0 Å². The van der Waals surface area contributed by atoms with E-state index in [0.717, 1.165) is 0 Å². The Morgan fingerprint density at radius 2 is 2.25 bits per heavy atom. The van der Waals surface area contributed by atoms with Gasteiger partial charge in [0.25, 0.3) is 0 Å². The van der Waals surface area contributed by atoms with Crippen molar-refractivity contribution in [3.8, 4) is 0 Å². The molecule has 0 heterocycles. The van der Waals surface area contributed by atoms with Gasteiger partial charge in [0.2, 0.25) is 0 Å². The highest BCUT2D eigenvalue weighted by Crippen LogP contribution is 1.86. The van der Waals surface area contributed by atoms with Crippen molar-refractivity contribution in [2.24, 2.45) is 5.84 Å². The van der Waals surface area contributed by atoms with Crippen LogP contribution in [0.15, 0.2) is 0 Å². The molecule has 0 bridgehead atoms. The van der Waals surface area contributed by atoms with E-state index in [-0.39, 0.29) is 6.10 Å². The molecule has 0 aliphatic heterocycles. The molecule has 8 heavy (non-hydrogen) atoms. The molecule has 0 aromatic heterocycles. The minimum atomic E-state index is -0.722. The minimum Gasteiger partial charge on any atom is -0.444 e. The van der Waals surface area contributed by atoms with Crippen LogP contribution in [-0.4, -0.2) is 12.2 Å². The number of ether oxygens (including phenoxy) is 1. The van der Waals surface area contributed by atoms with Gasteiger partial charge in [0.15, 0.2) is 0 Å². The van der Waals surface area contributed by atoms with Gasteiger partial charge < -0.3 is 4.74 Å². The van der Waals surface area contributed by atoms with Crippen molar-refractivity contribution in [2.75, 3.05) is 0 Å². The Labute approximate surface area is 48.0 Å². The molecule has 4 nitrogen and oxygen atoms in total. The van der Waals surface area contributed by atoms with Crippen LogP contribution in [0, 0.1) is 0 Å². The van der Waals surface area contributed by atoms with E-state index in [0.29, 0.717) is 0 Å². The molecule has 0 unspecified atom stereocenters. The monoisotopic (exact) mass is 117 g/mol. The number of carbonyl (C=O) groups excluding carboxylic acids is 1. The van der Waals surface area contributed by atoms with E-state index in [4.69, 9.17) is 0 Å². The van der Waals surface area contributed by atoms with E-state index in [1.807, 2.05) is 0 Å². The third-order valence-corrected chi connectivity index (χ3v) is 0.442. The number of amides is 1. The first-order chi connectivity index (χ1) is 3.66. The fourth-order valence-electron chi connectivity index (χ4n) is 0.232. The van der Waals surface area contributed by atoms with Gasteiger partial charge >= 0.3 is 6.09 Å². The molecule has 0 rings (SSSR count). The molecule has 0 saturated carbocycles. The first-order valence-corrected chi connectivity index (χ1v) is 2.28. The number of nitrogens with two attached hydrogens (primary N) is 1. The second-order valence-corrected chi connectivity index (χ2v) is 1.56. The molecule has 2 N–H and O–H groups in total. The smallest absolute Gasteiger partial charge is 0.444 e. The highest BCUT2D eigenvalue weighted by Gasteiger charge is 2.01. The van der Waals surface area contributed by atoms with Crippen LogP contribution >= 0.6 is 0 Å². The maximum absolute atomic E-state index is 10.1. The summed E-state index contributed by atoms with van der Waals surface area (Å²) in [6.07, 6.45) is -0.866. The summed E-state index contributed by atoms with van der Waals surface area (Å²) in [6.45, 7) is 3.45. The molecule has 0 aromatic carbocycles. The predicted molar refractivity (Wildman–Crippen MR) is 27.9 cm³/mol. The second kappa shape index (κ2) is 3.26. The van der Waals surface area contributed by atoms with Gasteiger partial charge in [-0.2, -0.15) is 0 Å². The number of hydrogen-bond acceptors (Lipinski definition) is 3. The van der Waals surface area contributed by atoms with Gasteiger partial charge in [-0.25, -0.2) is 10.6 Å². The number of hydrogen-bond donors (Lipinski definition) is 1. The Morgan fingerprint density at radius 1 is 1.75 bits per heavy atom. The average Bonchev–Trinajstić information content (AvgIpc) is 1.65. The van der Waals surface area contributed by atoms with Gasteiger partial charge in [-0.1, -0.05) is 0 Å². The van der Waals surface area contributed by atoms with Gasteiger partial charge in [-0.15, -0.1) is 5.43 Å². The fourth-order valence-corrected chi connectivity index (χ4v) is 0.232. The number of rotatable bonds is 1. The Bertz CT molecular complexity index is 82.1. The van der Waals surface area contributed by atoms with Crippen LogP contribution in [0.1, 0.15) is 13.8 Å². The molecule has 1 radical (unpaired) electrons. The van der Waals surface area contributed by atoms with Crippen molar-refractivity contribution in [2.45, 2.75) is 20.0 Å². The molecule has 1 amide bonds. The molecule has 0 spiro atoms. The zero-order chi connectivity index (χ0) is 6.57. The van der Waals surface area contributed by atoms with Crippen molar-refractivity contribution >= 4 is 6.09 Å². The first-order valence-electron chi connectivity index (χ1n) is 2.28. The van der Waals surface area contributed by atoms with Crippen molar-refractivity contribution in [1.82, 2.24) is 5.43 Å². The molecule has 0 fully saturated rings. The van der Waals surface area contributed by atoms with Gasteiger partial charge in [-0.3, -0.25) is 0 Å². The van der Waals surface area contributed by atoms with Crippen molar-refractivity contribution in [3.63, 3.8) is 0 Å². The summed E-state index contributed by atoms with van der Waals surface area (Å²) in [5, 5.41) is 0.